The van der Waals surface area contributed by atoms with Gasteiger partial charge in [0.05, 0.1) is 0 Å². The van der Waals surface area contributed by atoms with E-state index < -0.39 is 0 Å². The molecule has 2 unspecified atom stereocenters. The number of hydrogen-bond donors (Lipinski definition) is 2. The number of nitrogens with two attached hydrogens (primary N) is 1. The Morgan fingerprint density at radius 2 is 2.21 bits per heavy atom. The van der Waals surface area contributed by atoms with Crippen LogP contribution in [0.25, 0.3) is 0 Å². The first kappa shape index (κ1) is 12.0. The van der Waals surface area contributed by atoms with Gasteiger partial charge in [0.25, 0.3) is 0 Å². The smallest absolute Gasteiger partial charge is 0.00723 e. The first-order valence-electron chi connectivity index (χ1n) is 5.97. The van der Waals surface area contributed by atoms with Gasteiger partial charge in [0.2, 0.25) is 0 Å². The molecule has 0 heterocycles. The Morgan fingerprint density at radius 1 is 1.50 bits per heavy atom. The molecule has 2 heteroatoms. The highest BCUT2D eigenvalue weighted by molar-refractivity contribution is 4.86. The molecule has 0 aromatic carbocycles. The number of rotatable bonds is 5. The molecule has 0 aromatic heterocycles. The third kappa shape index (κ3) is 3.97. The molecule has 0 aromatic rings. The van der Waals surface area contributed by atoms with Crippen molar-refractivity contribution in [2.45, 2.75) is 52.5 Å². The van der Waals surface area contributed by atoms with Crippen molar-refractivity contribution >= 4 is 0 Å². The second kappa shape index (κ2) is 5.13. The van der Waals surface area contributed by atoms with Crippen molar-refractivity contribution in [2.24, 2.45) is 17.1 Å². The van der Waals surface area contributed by atoms with Gasteiger partial charge in [-0.1, -0.05) is 20.8 Å². The van der Waals surface area contributed by atoms with Crippen LogP contribution < -0.4 is 11.1 Å². The van der Waals surface area contributed by atoms with Crippen LogP contribution in [-0.4, -0.2) is 19.1 Å². The summed E-state index contributed by atoms with van der Waals surface area (Å²) in [6, 6.07) is 0.759. The molecule has 1 saturated carbocycles. The summed E-state index contributed by atoms with van der Waals surface area (Å²) in [7, 11) is 0. The summed E-state index contributed by atoms with van der Waals surface area (Å²) in [6.07, 6.45) is 5.28. The maximum absolute atomic E-state index is 5.58. The standard InChI is InChI=1S/C12H26N2/c1-10(9-13)5-7-14-11-4-6-12(2,3)8-11/h10-11,14H,4-9,13H2,1-3H3. The van der Waals surface area contributed by atoms with E-state index in [2.05, 4.69) is 26.1 Å². The lowest BCUT2D eigenvalue weighted by molar-refractivity contribution is 0.361. The lowest BCUT2D eigenvalue weighted by Crippen LogP contribution is -2.30. The minimum atomic E-state index is 0.567. The highest BCUT2D eigenvalue weighted by Gasteiger charge is 2.30. The third-order valence-corrected chi connectivity index (χ3v) is 3.44. The average Bonchev–Trinajstić information content (AvgIpc) is 2.45. The topological polar surface area (TPSA) is 38.0 Å². The Bertz CT molecular complexity index is 166. The first-order chi connectivity index (χ1) is 6.53. The second-order valence-corrected chi connectivity index (χ2v) is 5.69. The SMILES string of the molecule is CC(CN)CCNC1CCC(C)(C)C1. The van der Waals surface area contributed by atoms with Crippen molar-refractivity contribution in [1.82, 2.24) is 5.32 Å². The summed E-state index contributed by atoms with van der Waals surface area (Å²) >= 11 is 0. The summed E-state index contributed by atoms with van der Waals surface area (Å²) in [4.78, 5) is 0. The molecule has 2 atom stereocenters. The Morgan fingerprint density at radius 3 is 2.71 bits per heavy atom. The number of hydrogen-bond acceptors (Lipinski definition) is 2. The zero-order chi connectivity index (χ0) is 10.6. The summed E-state index contributed by atoms with van der Waals surface area (Å²) in [5, 5.41) is 3.65. The van der Waals surface area contributed by atoms with Crippen LogP contribution in [0.3, 0.4) is 0 Å². The van der Waals surface area contributed by atoms with Gasteiger partial charge in [-0.3, -0.25) is 0 Å². The van der Waals surface area contributed by atoms with Gasteiger partial charge in [-0.15, -0.1) is 0 Å². The second-order valence-electron chi connectivity index (χ2n) is 5.69. The van der Waals surface area contributed by atoms with Gasteiger partial charge in [-0.05, 0) is 50.1 Å². The quantitative estimate of drug-likeness (QED) is 0.710. The summed E-state index contributed by atoms with van der Waals surface area (Å²) in [6.45, 7) is 8.92. The lowest BCUT2D eigenvalue weighted by atomic mass is 9.92. The Balaban J connectivity index is 2.09. The molecule has 0 radical (unpaired) electrons. The minimum Gasteiger partial charge on any atom is -0.330 e. The largest absolute Gasteiger partial charge is 0.330 e. The van der Waals surface area contributed by atoms with Gasteiger partial charge >= 0.3 is 0 Å². The van der Waals surface area contributed by atoms with E-state index >= 15 is 0 Å². The summed E-state index contributed by atoms with van der Waals surface area (Å²) in [5.74, 6) is 0.664. The molecule has 14 heavy (non-hydrogen) atoms. The van der Waals surface area contributed by atoms with E-state index in [-0.39, 0.29) is 0 Å². The van der Waals surface area contributed by atoms with Crippen LogP contribution in [0.15, 0.2) is 0 Å². The predicted molar refractivity (Wildman–Crippen MR) is 62.3 cm³/mol. The maximum atomic E-state index is 5.58. The molecule has 0 saturated heterocycles. The third-order valence-electron chi connectivity index (χ3n) is 3.44. The Hall–Kier alpha value is -0.0800. The average molecular weight is 198 g/mol. The fraction of sp³-hybridized carbons (Fsp3) is 1.00. The molecule has 1 rings (SSSR count). The van der Waals surface area contributed by atoms with E-state index in [4.69, 9.17) is 5.73 Å². The van der Waals surface area contributed by atoms with Crippen molar-refractivity contribution in [3.63, 3.8) is 0 Å². The fourth-order valence-corrected chi connectivity index (χ4v) is 2.26. The molecule has 0 aliphatic heterocycles. The van der Waals surface area contributed by atoms with Crippen LogP contribution in [0.2, 0.25) is 0 Å². The normalized spacial score (nSPS) is 27.9. The molecule has 2 nitrogen and oxygen atoms in total. The monoisotopic (exact) mass is 198 g/mol. The van der Waals surface area contributed by atoms with Gasteiger partial charge in [0.1, 0.15) is 0 Å². The predicted octanol–water partition coefficient (Wildman–Crippen LogP) is 2.14. The molecule has 0 bridgehead atoms. The van der Waals surface area contributed by atoms with Gasteiger partial charge < -0.3 is 11.1 Å². The van der Waals surface area contributed by atoms with E-state index in [1.807, 2.05) is 0 Å². The van der Waals surface area contributed by atoms with Crippen molar-refractivity contribution in [2.75, 3.05) is 13.1 Å². The molecule has 0 spiro atoms. The fourth-order valence-electron chi connectivity index (χ4n) is 2.26. The van der Waals surface area contributed by atoms with E-state index in [1.54, 1.807) is 0 Å². The highest BCUT2D eigenvalue weighted by Crippen LogP contribution is 2.36. The summed E-state index contributed by atoms with van der Waals surface area (Å²) < 4.78 is 0. The summed E-state index contributed by atoms with van der Waals surface area (Å²) in [5.41, 5.74) is 6.15. The van der Waals surface area contributed by atoms with Gasteiger partial charge in [-0.2, -0.15) is 0 Å². The van der Waals surface area contributed by atoms with E-state index in [9.17, 15) is 0 Å². The molecule has 0 amide bonds. The van der Waals surface area contributed by atoms with Crippen LogP contribution in [0.1, 0.15) is 46.5 Å². The maximum Gasteiger partial charge on any atom is 0.00723 e. The van der Waals surface area contributed by atoms with Gasteiger partial charge in [-0.25, -0.2) is 0 Å². The van der Waals surface area contributed by atoms with Gasteiger partial charge in [0.15, 0.2) is 0 Å². The van der Waals surface area contributed by atoms with E-state index in [1.165, 1.54) is 25.7 Å². The van der Waals surface area contributed by atoms with E-state index in [0.717, 1.165) is 19.1 Å². The van der Waals surface area contributed by atoms with Crippen LogP contribution in [-0.2, 0) is 0 Å². The zero-order valence-electron chi connectivity index (χ0n) is 9.97. The minimum absolute atomic E-state index is 0.567. The van der Waals surface area contributed by atoms with Crippen molar-refractivity contribution in [3.8, 4) is 0 Å². The molecular formula is C12H26N2. The lowest BCUT2D eigenvalue weighted by Gasteiger charge is -2.18. The molecule has 3 N–H and O–H groups in total. The van der Waals surface area contributed by atoms with Crippen molar-refractivity contribution in [3.05, 3.63) is 0 Å². The van der Waals surface area contributed by atoms with Crippen molar-refractivity contribution in [1.29, 1.82) is 0 Å². The van der Waals surface area contributed by atoms with Crippen LogP contribution in [0.5, 0.6) is 0 Å². The van der Waals surface area contributed by atoms with E-state index in [0.29, 0.717) is 11.3 Å². The van der Waals surface area contributed by atoms with Crippen molar-refractivity contribution < 1.29 is 0 Å². The highest BCUT2D eigenvalue weighted by atomic mass is 14.9. The zero-order valence-corrected chi connectivity index (χ0v) is 9.97. The molecular weight excluding hydrogens is 172 g/mol. The number of nitrogens with one attached hydrogen (secondary N) is 1. The molecule has 1 aliphatic carbocycles. The first-order valence-corrected chi connectivity index (χ1v) is 5.97. The van der Waals surface area contributed by atoms with Crippen LogP contribution >= 0.6 is 0 Å². The Kier molecular flexibility index (Phi) is 4.39. The molecule has 1 fully saturated rings. The molecule has 1 aliphatic rings. The van der Waals surface area contributed by atoms with Gasteiger partial charge in [0, 0.05) is 6.04 Å². The van der Waals surface area contributed by atoms with Crippen LogP contribution in [0.4, 0.5) is 0 Å². The molecule has 84 valence electrons. The Labute approximate surface area is 88.6 Å². The van der Waals surface area contributed by atoms with Crippen LogP contribution in [0, 0.1) is 11.3 Å².